The predicted octanol–water partition coefficient (Wildman–Crippen LogP) is 3.48. The van der Waals surface area contributed by atoms with Crippen molar-refractivity contribution < 1.29 is 9.78 Å². The van der Waals surface area contributed by atoms with Crippen molar-refractivity contribution in [3.05, 3.63) is 36.3 Å². The average Bonchev–Trinajstić information content (AvgIpc) is 2.72. The molecule has 0 radical (unpaired) electrons. The molecule has 0 spiro atoms. The van der Waals surface area contributed by atoms with Gasteiger partial charge < -0.3 is 0 Å². The molecule has 1 heterocycles. The lowest BCUT2D eigenvalue weighted by Crippen LogP contribution is -2.06. The molecule has 14 heavy (non-hydrogen) atoms. The van der Waals surface area contributed by atoms with Crippen LogP contribution < -0.4 is 0 Å². The summed E-state index contributed by atoms with van der Waals surface area (Å²) in [4.78, 5) is 10.0. The number of rotatable bonds is 3. The molecular formula is C12H16O2. The van der Waals surface area contributed by atoms with Gasteiger partial charge in [0.1, 0.15) is 6.26 Å². The van der Waals surface area contributed by atoms with Crippen LogP contribution in [0.2, 0.25) is 0 Å². The van der Waals surface area contributed by atoms with Crippen LogP contribution in [0, 0.1) is 5.92 Å². The molecule has 1 saturated carbocycles. The van der Waals surface area contributed by atoms with Crippen LogP contribution in [0.4, 0.5) is 0 Å². The maximum Gasteiger partial charge on any atom is 0.162 e. The summed E-state index contributed by atoms with van der Waals surface area (Å²) in [5.74, 6) is 1.61. The van der Waals surface area contributed by atoms with Gasteiger partial charge in [-0.1, -0.05) is 18.9 Å². The molecular weight excluding hydrogens is 176 g/mol. The molecule has 0 aromatic heterocycles. The second kappa shape index (κ2) is 4.36. The van der Waals surface area contributed by atoms with Crippen LogP contribution in [0.15, 0.2) is 36.3 Å². The van der Waals surface area contributed by atoms with E-state index in [2.05, 4.69) is 6.58 Å². The van der Waals surface area contributed by atoms with E-state index in [0.29, 0.717) is 5.92 Å². The molecule has 2 aliphatic rings. The van der Waals surface area contributed by atoms with Crippen molar-refractivity contribution >= 4 is 0 Å². The minimum atomic E-state index is 0.671. The molecule has 1 aliphatic carbocycles. The van der Waals surface area contributed by atoms with E-state index >= 15 is 0 Å². The molecule has 1 fully saturated rings. The largest absolute Gasteiger partial charge is 0.298 e. The number of hydrogen-bond acceptors (Lipinski definition) is 2. The van der Waals surface area contributed by atoms with Crippen molar-refractivity contribution in [1.82, 2.24) is 0 Å². The third kappa shape index (κ3) is 1.84. The molecule has 1 aliphatic heterocycles. The lowest BCUT2D eigenvalue weighted by molar-refractivity contribution is -0.217. The van der Waals surface area contributed by atoms with Crippen molar-refractivity contribution in [2.24, 2.45) is 5.92 Å². The van der Waals surface area contributed by atoms with Gasteiger partial charge in [-0.2, -0.15) is 0 Å². The van der Waals surface area contributed by atoms with Crippen LogP contribution in [0.25, 0.3) is 0 Å². The molecule has 0 saturated heterocycles. The van der Waals surface area contributed by atoms with Gasteiger partial charge in [-0.3, -0.25) is 9.78 Å². The Morgan fingerprint density at radius 2 is 2.21 bits per heavy atom. The van der Waals surface area contributed by atoms with Gasteiger partial charge in [0.25, 0.3) is 0 Å². The molecule has 0 amide bonds. The van der Waals surface area contributed by atoms with E-state index in [0.717, 1.165) is 12.2 Å². The van der Waals surface area contributed by atoms with E-state index in [-0.39, 0.29) is 0 Å². The number of hydrogen-bond donors (Lipinski definition) is 0. The SMILES string of the molecule is C=CCC1=C(C2CCCC2)C=COO1. The van der Waals surface area contributed by atoms with Crippen LogP contribution >= 0.6 is 0 Å². The van der Waals surface area contributed by atoms with Crippen LogP contribution in [0.3, 0.4) is 0 Å². The highest BCUT2D eigenvalue weighted by molar-refractivity contribution is 5.27. The summed E-state index contributed by atoms with van der Waals surface area (Å²) in [5, 5.41) is 0. The zero-order valence-electron chi connectivity index (χ0n) is 8.37. The highest BCUT2D eigenvalue weighted by atomic mass is 17.2. The lowest BCUT2D eigenvalue weighted by atomic mass is 9.95. The van der Waals surface area contributed by atoms with E-state index in [1.807, 2.05) is 12.2 Å². The van der Waals surface area contributed by atoms with Gasteiger partial charge in [0.2, 0.25) is 0 Å². The predicted molar refractivity (Wildman–Crippen MR) is 55.1 cm³/mol. The monoisotopic (exact) mass is 192 g/mol. The van der Waals surface area contributed by atoms with Gasteiger partial charge in [0, 0.05) is 12.0 Å². The fraction of sp³-hybridized carbons (Fsp3) is 0.500. The van der Waals surface area contributed by atoms with Gasteiger partial charge >= 0.3 is 0 Å². The minimum absolute atomic E-state index is 0.671. The Morgan fingerprint density at radius 3 is 2.93 bits per heavy atom. The maximum atomic E-state index is 5.16. The molecule has 0 N–H and O–H groups in total. The normalized spacial score (nSPS) is 22.0. The quantitative estimate of drug-likeness (QED) is 0.503. The van der Waals surface area contributed by atoms with Gasteiger partial charge in [0.15, 0.2) is 5.76 Å². The Kier molecular flexibility index (Phi) is 2.92. The highest BCUT2D eigenvalue weighted by Crippen LogP contribution is 2.35. The Morgan fingerprint density at radius 1 is 1.43 bits per heavy atom. The van der Waals surface area contributed by atoms with Crippen LogP contribution in [-0.2, 0) is 9.78 Å². The average molecular weight is 192 g/mol. The Bertz CT molecular complexity index is 270. The zero-order valence-corrected chi connectivity index (χ0v) is 8.37. The van der Waals surface area contributed by atoms with Crippen molar-refractivity contribution in [2.45, 2.75) is 32.1 Å². The van der Waals surface area contributed by atoms with E-state index < -0.39 is 0 Å². The van der Waals surface area contributed by atoms with Gasteiger partial charge in [-0.25, -0.2) is 0 Å². The summed E-state index contributed by atoms with van der Waals surface area (Å²) >= 11 is 0. The molecule has 0 unspecified atom stereocenters. The summed E-state index contributed by atoms with van der Waals surface area (Å²) in [6.07, 6.45) is 11.5. The van der Waals surface area contributed by atoms with E-state index in [1.165, 1.54) is 31.3 Å². The van der Waals surface area contributed by atoms with E-state index in [1.54, 1.807) is 6.26 Å². The van der Waals surface area contributed by atoms with Crippen molar-refractivity contribution in [3.8, 4) is 0 Å². The second-order valence-corrected chi connectivity index (χ2v) is 3.84. The Balaban J connectivity index is 2.17. The third-order valence-electron chi connectivity index (χ3n) is 2.90. The first kappa shape index (κ1) is 9.38. The first-order chi connectivity index (χ1) is 6.92. The first-order valence-corrected chi connectivity index (χ1v) is 5.25. The molecule has 2 rings (SSSR count). The molecule has 2 heteroatoms. The van der Waals surface area contributed by atoms with Gasteiger partial charge in [-0.05, 0) is 24.8 Å². The topological polar surface area (TPSA) is 18.5 Å². The molecule has 0 bridgehead atoms. The van der Waals surface area contributed by atoms with Crippen LogP contribution in [0.1, 0.15) is 32.1 Å². The number of allylic oxidation sites excluding steroid dienone is 3. The van der Waals surface area contributed by atoms with Gasteiger partial charge in [0.05, 0.1) is 0 Å². The van der Waals surface area contributed by atoms with Crippen molar-refractivity contribution in [1.29, 1.82) is 0 Å². The van der Waals surface area contributed by atoms with E-state index in [9.17, 15) is 0 Å². The lowest BCUT2D eigenvalue weighted by Gasteiger charge is -2.18. The fourth-order valence-electron chi connectivity index (χ4n) is 2.21. The minimum Gasteiger partial charge on any atom is -0.298 e. The molecule has 0 atom stereocenters. The molecule has 76 valence electrons. The fourth-order valence-corrected chi connectivity index (χ4v) is 2.21. The molecule has 0 aromatic rings. The smallest absolute Gasteiger partial charge is 0.162 e. The maximum absolute atomic E-state index is 5.16. The Hall–Kier alpha value is -1.18. The molecule has 2 nitrogen and oxygen atoms in total. The highest BCUT2D eigenvalue weighted by Gasteiger charge is 2.23. The van der Waals surface area contributed by atoms with Gasteiger partial charge in [-0.15, -0.1) is 6.58 Å². The molecule has 0 aromatic carbocycles. The summed E-state index contributed by atoms with van der Waals surface area (Å²) in [7, 11) is 0. The van der Waals surface area contributed by atoms with Crippen LogP contribution in [0.5, 0.6) is 0 Å². The summed E-state index contributed by atoms with van der Waals surface area (Å²) in [6, 6.07) is 0. The van der Waals surface area contributed by atoms with Crippen LogP contribution in [-0.4, -0.2) is 0 Å². The zero-order chi connectivity index (χ0) is 9.80. The van der Waals surface area contributed by atoms with E-state index in [4.69, 9.17) is 9.78 Å². The second-order valence-electron chi connectivity index (χ2n) is 3.84. The van der Waals surface area contributed by atoms with Crippen molar-refractivity contribution in [3.63, 3.8) is 0 Å². The Labute approximate surface area is 84.8 Å². The van der Waals surface area contributed by atoms with Crippen molar-refractivity contribution in [2.75, 3.05) is 0 Å². The first-order valence-electron chi connectivity index (χ1n) is 5.25. The summed E-state index contributed by atoms with van der Waals surface area (Å²) in [6.45, 7) is 3.72. The summed E-state index contributed by atoms with van der Waals surface area (Å²) in [5.41, 5.74) is 1.31. The summed E-state index contributed by atoms with van der Waals surface area (Å²) < 4.78 is 0. The third-order valence-corrected chi connectivity index (χ3v) is 2.90. The standard InChI is InChI=1S/C12H16O2/c1-2-5-12-11(8-9-13-14-12)10-6-3-4-7-10/h2,8-10H,1,3-7H2.